The number of anilines is 1. The highest BCUT2D eigenvalue weighted by atomic mass is 16.5. The van der Waals surface area contributed by atoms with Crippen LogP contribution in [-0.2, 0) is 4.79 Å². The zero-order valence-corrected chi connectivity index (χ0v) is 12.4. The summed E-state index contributed by atoms with van der Waals surface area (Å²) in [6.45, 7) is 0. The number of rotatable bonds is 2. The van der Waals surface area contributed by atoms with Gasteiger partial charge in [0.05, 0.1) is 5.56 Å². The highest BCUT2D eigenvalue weighted by molar-refractivity contribution is 6.30. The van der Waals surface area contributed by atoms with Crippen LogP contribution < -0.4 is 9.64 Å². The van der Waals surface area contributed by atoms with Crippen LogP contribution in [0.1, 0.15) is 15.9 Å². The van der Waals surface area contributed by atoms with E-state index in [4.69, 9.17) is 4.74 Å². The highest BCUT2D eigenvalue weighted by Crippen LogP contribution is 2.28. The molecule has 110 valence electrons. The lowest BCUT2D eigenvalue weighted by Gasteiger charge is -2.16. The number of carbonyl (C=O) groups excluding carboxylic acids is 2. The largest absolute Gasteiger partial charge is 0.422 e. The Balaban J connectivity index is 1.97. The summed E-state index contributed by atoms with van der Waals surface area (Å²) in [4.78, 5) is 26.4. The molecule has 2 aromatic rings. The molecule has 0 atom stereocenters. The second-order valence-corrected chi connectivity index (χ2v) is 5.26. The van der Waals surface area contributed by atoms with Gasteiger partial charge in [0.25, 0.3) is 0 Å². The first-order valence-corrected chi connectivity index (χ1v) is 6.91. The van der Waals surface area contributed by atoms with Crippen molar-refractivity contribution < 1.29 is 14.3 Å². The summed E-state index contributed by atoms with van der Waals surface area (Å²) >= 11 is 0. The topological polar surface area (TPSA) is 46.6 Å². The van der Waals surface area contributed by atoms with Crippen LogP contribution in [0.2, 0.25) is 0 Å². The molecule has 1 aliphatic rings. The van der Waals surface area contributed by atoms with E-state index in [0.717, 1.165) is 11.3 Å². The molecular formula is C18H15NO3. The Labute approximate surface area is 128 Å². The fourth-order valence-electron chi connectivity index (χ4n) is 2.30. The molecule has 2 aromatic carbocycles. The lowest BCUT2D eigenvalue weighted by atomic mass is 9.98. The van der Waals surface area contributed by atoms with E-state index in [0.29, 0.717) is 11.3 Å². The third-order valence-corrected chi connectivity index (χ3v) is 3.52. The van der Waals surface area contributed by atoms with Crippen molar-refractivity contribution in [1.82, 2.24) is 0 Å². The number of ether oxygens (including phenoxy) is 1. The van der Waals surface area contributed by atoms with Gasteiger partial charge in [0.1, 0.15) is 11.3 Å². The number of benzene rings is 2. The van der Waals surface area contributed by atoms with E-state index in [1.54, 1.807) is 30.3 Å². The lowest BCUT2D eigenvalue weighted by Crippen LogP contribution is -2.24. The Morgan fingerprint density at radius 3 is 2.32 bits per heavy atom. The van der Waals surface area contributed by atoms with E-state index < -0.39 is 5.97 Å². The van der Waals surface area contributed by atoms with Gasteiger partial charge in [-0.1, -0.05) is 24.3 Å². The molecule has 0 aromatic heterocycles. The first-order chi connectivity index (χ1) is 10.6. The lowest BCUT2D eigenvalue weighted by molar-refractivity contribution is -0.130. The van der Waals surface area contributed by atoms with E-state index >= 15 is 0 Å². The monoisotopic (exact) mass is 293 g/mol. The normalized spacial score (nSPS) is 15.5. The van der Waals surface area contributed by atoms with Crippen LogP contribution in [0.15, 0.2) is 54.1 Å². The van der Waals surface area contributed by atoms with Crippen LogP contribution >= 0.6 is 0 Å². The summed E-state index contributed by atoms with van der Waals surface area (Å²) in [6, 6.07) is 14.3. The van der Waals surface area contributed by atoms with Crippen molar-refractivity contribution in [3.05, 3.63) is 65.2 Å². The SMILES string of the molecule is CN(C)c1ccc(/C=C2\C(=O)Oc3ccccc3C2=O)cc1. The predicted molar refractivity (Wildman–Crippen MR) is 85.2 cm³/mol. The smallest absolute Gasteiger partial charge is 0.347 e. The van der Waals surface area contributed by atoms with E-state index in [9.17, 15) is 9.59 Å². The van der Waals surface area contributed by atoms with E-state index in [1.165, 1.54) is 0 Å². The van der Waals surface area contributed by atoms with Crippen molar-refractivity contribution in [3.8, 4) is 5.75 Å². The summed E-state index contributed by atoms with van der Waals surface area (Å²) in [5.74, 6) is -0.596. The summed E-state index contributed by atoms with van der Waals surface area (Å²) in [6.07, 6.45) is 1.57. The minimum atomic E-state index is -0.611. The molecule has 3 rings (SSSR count). The van der Waals surface area contributed by atoms with Crippen molar-refractivity contribution in [3.63, 3.8) is 0 Å². The molecular weight excluding hydrogens is 278 g/mol. The van der Waals surface area contributed by atoms with E-state index in [1.807, 2.05) is 43.3 Å². The van der Waals surface area contributed by atoms with Crippen molar-refractivity contribution in [2.45, 2.75) is 0 Å². The van der Waals surface area contributed by atoms with Gasteiger partial charge in [0.2, 0.25) is 5.78 Å². The molecule has 22 heavy (non-hydrogen) atoms. The fourth-order valence-corrected chi connectivity index (χ4v) is 2.30. The number of carbonyl (C=O) groups is 2. The zero-order valence-electron chi connectivity index (χ0n) is 12.4. The van der Waals surface area contributed by atoms with Gasteiger partial charge in [-0.05, 0) is 35.9 Å². The summed E-state index contributed by atoms with van der Waals surface area (Å²) in [5, 5.41) is 0. The first-order valence-electron chi connectivity index (χ1n) is 6.91. The number of para-hydroxylation sites is 1. The maximum Gasteiger partial charge on any atom is 0.347 e. The molecule has 1 aliphatic heterocycles. The zero-order chi connectivity index (χ0) is 15.7. The number of hydrogen-bond donors (Lipinski definition) is 0. The summed E-state index contributed by atoms with van der Waals surface area (Å²) < 4.78 is 5.21. The highest BCUT2D eigenvalue weighted by Gasteiger charge is 2.30. The van der Waals surface area contributed by atoms with Gasteiger partial charge in [-0.2, -0.15) is 0 Å². The molecule has 0 amide bonds. The third kappa shape index (κ3) is 2.51. The average Bonchev–Trinajstić information content (AvgIpc) is 2.52. The molecule has 4 heteroatoms. The molecule has 0 saturated heterocycles. The fraction of sp³-hybridized carbons (Fsp3) is 0.111. The Morgan fingerprint density at radius 2 is 1.64 bits per heavy atom. The Morgan fingerprint density at radius 1 is 0.955 bits per heavy atom. The van der Waals surface area contributed by atoms with Crippen LogP contribution in [0.5, 0.6) is 5.75 Å². The average molecular weight is 293 g/mol. The molecule has 4 nitrogen and oxygen atoms in total. The van der Waals surface area contributed by atoms with Crippen LogP contribution in [0.25, 0.3) is 6.08 Å². The minimum Gasteiger partial charge on any atom is -0.422 e. The second-order valence-electron chi connectivity index (χ2n) is 5.26. The first kappa shape index (κ1) is 14.1. The van der Waals surface area contributed by atoms with E-state index in [2.05, 4.69) is 0 Å². The van der Waals surface area contributed by atoms with Gasteiger partial charge < -0.3 is 9.64 Å². The second kappa shape index (κ2) is 5.48. The Kier molecular flexibility index (Phi) is 3.51. The minimum absolute atomic E-state index is 0.0521. The molecule has 0 saturated carbocycles. The van der Waals surface area contributed by atoms with Gasteiger partial charge in [-0.3, -0.25) is 4.79 Å². The predicted octanol–water partition coefficient (Wildman–Crippen LogP) is 2.94. The number of nitrogens with zero attached hydrogens (tertiary/aromatic N) is 1. The number of esters is 1. The third-order valence-electron chi connectivity index (χ3n) is 3.52. The summed E-state index contributed by atoms with van der Waals surface area (Å²) in [7, 11) is 3.90. The van der Waals surface area contributed by atoms with Crippen LogP contribution in [0.4, 0.5) is 5.69 Å². The van der Waals surface area contributed by atoms with Crippen molar-refractivity contribution in [2.75, 3.05) is 19.0 Å². The van der Waals surface area contributed by atoms with E-state index in [-0.39, 0.29) is 11.4 Å². The summed E-state index contributed by atoms with van der Waals surface area (Å²) in [5.41, 5.74) is 2.30. The molecule has 1 heterocycles. The number of fused-ring (bicyclic) bond motifs is 1. The van der Waals surface area contributed by atoms with Gasteiger partial charge in [0, 0.05) is 19.8 Å². The van der Waals surface area contributed by atoms with Crippen molar-refractivity contribution >= 4 is 23.5 Å². The van der Waals surface area contributed by atoms with Crippen molar-refractivity contribution in [2.24, 2.45) is 0 Å². The molecule has 0 unspecified atom stereocenters. The molecule has 0 N–H and O–H groups in total. The maximum absolute atomic E-state index is 12.4. The van der Waals surface area contributed by atoms with Crippen LogP contribution in [-0.4, -0.2) is 25.8 Å². The molecule has 0 aliphatic carbocycles. The van der Waals surface area contributed by atoms with Gasteiger partial charge in [-0.25, -0.2) is 4.79 Å². The quantitative estimate of drug-likeness (QED) is 0.370. The number of ketones is 1. The Hall–Kier alpha value is -2.88. The molecule has 0 fully saturated rings. The van der Waals surface area contributed by atoms with Crippen LogP contribution in [0, 0.1) is 0 Å². The van der Waals surface area contributed by atoms with Gasteiger partial charge >= 0.3 is 5.97 Å². The molecule has 0 spiro atoms. The Bertz CT molecular complexity index is 773. The molecule has 0 radical (unpaired) electrons. The molecule has 0 bridgehead atoms. The van der Waals surface area contributed by atoms with Gasteiger partial charge in [0.15, 0.2) is 0 Å². The van der Waals surface area contributed by atoms with Crippen molar-refractivity contribution in [1.29, 1.82) is 0 Å². The maximum atomic E-state index is 12.4. The number of hydrogen-bond acceptors (Lipinski definition) is 4. The number of Topliss-reactive ketones (excluding diaryl/α,β-unsaturated/α-hetero) is 1. The van der Waals surface area contributed by atoms with Crippen LogP contribution in [0.3, 0.4) is 0 Å². The van der Waals surface area contributed by atoms with Gasteiger partial charge in [-0.15, -0.1) is 0 Å². The standard InChI is InChI=1S/C18H15NO3/c1-19(2)13-9-7-12(8-10-13)11-15-17(20)14-5-3-4-6-16(14)22-18(15)21/h3-11H,1-2H3/b15-11-.